The van der Waals surface area contributed by atoms with Crippen LogP contribution >= 0.6 is 22.7 Å². The van der Waals surface area contributed by atoms with E-state index in [2.05, 4.69) is 6.07 Å². The molecule has 0 atom stereocenters. The number of fused-ring (bicyclic) bond motifs is 15. The zero-order valence-corrected chi connectivity index (χ0v) is 45.3. The van der Waals surface area contributed by atoms with Crippen LogP contribution in [-0.4, -0.2) is 13.7 Å². The van der Waals surface area contributed by atoms with Crippen molar-refractivity contribution in [1.82, 2.24) is 13.7 Å². The zero-order valence-electron chi connectivity index (χ0n) is 43.7. The Morgan fingerprint density at radius 3 is 0.941 bits per heavy atom. The maximum absolute atomic E-state index is 15.5. The maximum atomic E-state index is 15.5. The van der Waals surface area contributed by atoms with E-state index < -0.39 is 35.2 Å². The predicted octanol–water partition coefficient (Wildman–Crippen LogP) is 22.0. The number of para-hydroxylation sites is 3. The van der Waals surface area contributed by atoms with E-state index in [0.717, 1.165) is 76.7 Å². The Labute approximate surface area is 482 Å². The van der Waals surface area contributed by atoms with Crippen LogP contribution in [0.5, 0.6) is 0 Å². The summed E-state index contributed by atoms with van der Waals surface area (Å²) in [5, 5.41) is 18.9. The first-order valence-electron chi connectivity index (χ1n) is 26.8. The molecule has 0 fully saturated rings. The van der Waals surface area contributed by atoms with Crippen LogP contribution in [0, 0.1) is 11.3 Å². The molecule has 0 aliphatic heterocycles. The molecule has 11 aromatic carbocycles. The van der Waals surface area contributed by atoms with Crippen molar-refractivity contribution in [1.29, 1.82) is 5.26 Å². The Hall–Kier alpha value is -9.88. The van der Waals surface area contributed by atoms with Crippen molar-refractivity contribution >= 4 is 128 Å². The maximum Gasteiger partial charge on any atom is 0.416 e. The number of benzene rings is 11. The molecule has 0 amide bonds. The van der Waals surface area contributed by atoms with Gasteiger partial charge in [-0.2, -0.15) is 44.8 Å². The van der Waals surface area contributed by atoms with E-state index in [0.29, 0.717) is 60.0 Å². The van der Waals surface area contributed by atoms with Crippen molar-refractivity contribution in [2.75, 3.05) is 0 Å². The van der Waals surface area contributed by atoms with Crippen molar-refractivity contribution < 1.29 is 39.5 Å². The molecule has 16 rings (SSSR count). The molecule has 16 aromatic rings. The van der Waals surface area contributed by atoms with Crippen molar-refractivity contribution in [2.45, 2.75) is 18.5 Å². The molecule has 85 heavy (non-hydrogen) atoms. The highest BCUT2D eigenvalue weighted by Crippen LogP contribution is 2.54. The number of aromatic nitrogens is 3. The van der Waals surface area contributed by atoms with Crippen LogP contribution in [0.25, 0.3) is 145 Å². The number of nitriles is 1. The van der Waals surface area contributed by atoms with Gasteiger partial charge in [0.05, 0.1) is 72.4 Å². The van der Waals surface area contributed by atoms with E-state index >= 15 is 39.5 Å². The summed E-state index contributed by atoms with van der Waals surface area (Å²) in [6.07, 6.45) is -14.6. The minimum Gasteiger partial charge on any atom is -0.306 e. The summed E-state index contributed by atoms with van der Waals surface area (Å²) < 4.78 is 148. The van der Waals surface area contributed by atoms with Gasteiger partial charge in [0.15, 0.2) is 0 Å². The highest BCUT2D eigenvalue weighted by molar-refractivity contribution is 7.26. The number of rotatable bonds is 5. The predicted molar refractivity (Wildman–Crippen MR) is 326 cm³/mol. The minimum atomic E-state index is -4.89. The van der Waals surface area contributed by atoms with Gasteiger partial charge in [-0.1, -0.05) is 133 Å². The Balaban J connectivity index is 1.25. The number of hydrogen-bond acceptors (Lipinski definition) is 3. The number of halogens is 9. The first-order chi connectivity index (χ1) is 41.0. The van der Waals surface area contributed by atoms with E-state index in [-0.39, 0.29) is 50.3 Å². The van der Waals surface area contributed by atoms with Crippen molar-refractivity contribution in [3.05, 3.63) is 235 Å². The van der Waals surface area contributed by atoms with E-state index in [1.807, 2.05) is 84.9 Å². The van der Waals surface area contributed by atoms with Gasteiger partial charge in [0.1, 0.15) is 6.07 Å². The first kappa shape index (κ1) is 50.8. The van der Waals surface area contributed by atoms with Crippen molar-refractivity contribution in [3.8, 4) is 45.4 Å². The van der Waals surface area contributed by atoms with Crippen LogP contribution in [0.4, 0.5) is 39.5 Å². The highest BCUT2D eigenvalue weighted by atomic mass is 32.1. The molecule has 15 heteroatoms. The van der Waals surface area contributed by atoms with Gasteiger partial charge in [-0.05, 0) is 90.0 Å². The molecule has 0 unspecified atom stereocenters. The normalized spacial score (nSPS) is 12.8. The molecule has 0 radical (unpaired) electrons. The second-order valence-electron chi connectivity index (χ2n) is 21.1. The average Bonchev–Trinajstić information content (AvgIpc) is 1.81. The minimum absolute atomic E-state index is 0.0118. The number of hydrogen-bond donors (Lipinski definition) is 0. The highest BCUT2D eigenvalue weighted by Gasteiger charge is 2.38. The van der Waals surface area contributed by atoms with Gasteiger partial charge in [0, 0.05) is 83.8 Å². The van der Waals surface area contributed by atoms with Gasteiger partial charge in [-0.25, -0.2) is 0 Å². The molecule has 0 aliphatic rings. The lowest BCUT2D eigenvalue weighted by Gasteiger charge is -2.29. The lowest BCUT2D eigenvalue weighted by Crippen LogP contribution is -2.15. The van der Waals surface area contributed by atoms with Gasteiger partial charge in [-0.15, -0.1) is 22.7 Å². The molecule has 0 saturated heterocycles. The van der Waals surface area contributed by atoms with Crippen LogP contribution < -0.4 is 0 Å². The average molecular weight is 1170 g/mol. The van der Waals surface area contributed by atoms with Gasteiger partial charge < -0.3 is 13.7 Å². The number of thiophene rings is 2. The summed E-state index contributed by atoms with van der Waals surface area (Å²) in [5.74, 6) is 0. The molecule has 410 valence electrons. The van der Waals surface area contributed by atoms with Gasteiger partial charge in [0.25, 0.3) is 0 Å². The summed E-state index contributed by atoms with van der Waals surface area (Å²) in [4.78, 5) is 0. The second-order valence-corrected chi connectivity index (χ2v) is 23.3. The van der Waals surface area contributed by atoms with Crippen LogP contribution in [0.2, 0.25) is 0 Å². The van der Waals surface area contributed by atoms with Crippen molar-refractivity contribution in [2.24, 2.45) is 0 Å². The topological polar surface area (TPSA) is 38.6 Å². The molecule has 0 saturated carbocycles. The molecule has 5 heterocycles. The molecular weight excluding hydrogens is 1130 g/mol. The standard InChI is InChI=1S/C70H35F9N4S2/c71-68(72,73)39-23-28-45-42-11-1-6-16-53(42)81(56(45)33-39)65-63(37-21-26-50-48-14-4-9-19-59(48)84-61(50)31-37)52(36-80)64(38-22-27-51-49-15-5-10-20-60(49)85-62(51)32-38)66(82-54-17-7-2-12-43(54)46-29-24-40(34-57(46)82)69(74,75)76)67(65)83-55-18-8-3-13-44(55)47-30-25-41(35-58(47)83)70(77,78)79/h1-35H. The second kappa shape index (κ2) is 18.1. The lowest BCUT2D eigenvalue weighted by atomic mass is 9.87. The van der Waals surface area contributed by atoms with E-state index in [9.17, 15) is 5.26 Å². The molecular formula is C70H35F9N4S2. The molecule has 0 aliphatic carbocycles. The van der Waals surface area contributed by atoms with E-state index in [4.69, 9.17) is 0 Å². The molecule has 0 bridgehead atoms. The number of alkyl halides is 9. The fraction of sp³-hybridized carbons (Fsp3) is 0.0429. The van der Waals surface area contributed by atoms with Crippen LogP contribution in [-0.2, 0) is 18.5 Å². The monoisotopic (exact) mass is 1170 g/mol. The van der Waals surface area contributed by atoms with Crippen LogP contribution in [0.3, 0.4) is 0 Å². The first-order valence-corrected chi connectivity index (χ1v) is 28.5. The summed E-state index contributed by atoms with van der Waals surface area (Å²) in [5.41, 5.74) is -0.376. The fourth-order valence-electron chi connectivity index (χ4n) is 13.0. The van der Waals surface area contributed by atoms with Gasteiger partial charge in [-0.3, -0.25) is 0 Å². The lowest BCUT2D eigenvalue weighted by molar-refractivity contribution is -0.138. The van der Waals surface area contributed by atoms with Gasteiger partial charge in [0.2, 0.25) is 0 Å². The Bertz CT molecular complexity index is 5330. The molecule has 0 N–H and O–H groups in total. The van der Waals surface area contributed by atoms with E-state index in [1.165, 1.54) is 40.9 Å². The molecule has 4 nitrogen and oxygen atoms in total. The largest absolute Gasteiger partial charge is 0.416 e. The summed E-state index contributed by atoms with van der Waals surface area (Å²) in [6.45, 7) is 0. The quantitative estimate of drug-likeness (QED) is 0.158. The molecule has 0 spiro atoms. The Morgan fingerprint density at radius 1 is 0.294 bits per heavy atom. The smallest absolute Gasteiger partial charge is 0.306 e. The van der Waals surface area contributed by atoms with E-state index in [1.54, 1.807) is 86.5 Å². The summed E-state index contributed by atoms with van der Waals surface area (Å²) in [7, 11) is 0. The molecule has 5 aromatic heterocycles. The van der Waals surface area contributed by atoms with Crippen LogP contribution in [0.15, 0.2) is 212 Å². The Morgan fingerprint density at radius 2 is 0.588 bits per heavy atom. The van der Waals surface area contributed by atoms with Gasteiger partial charge >= 0.3 is 18.5 Å². The van der Waals surface area contributed by atoms with Crippen molar-refractivity contribution in [3.63, 3.8) is 0 Å². The third-order valence-electron chi connectivity index (χ3n) is 16.5. The third kappa shape index (κ3) is 7.54. The zero-order chi connectivity index (χ0) is 58.0. The van der Waals surface area contributed by atoms with Crippen LogP contribution in [0.1, 0.15) is 22.3 Å². The fourth-order valence-corrected chi connectivity index (χ4v) is 15.2. The third-order valence-corrected chi connectivity index (χ3v) is 18.8. The Kier molecular flexibility index (Phi) is 10.8. The summed E-state index contributed by atoms with van der Waals surface area (Å²) >= 11 is 2.99. The SMILES string of the molecule is N#Cc1c(-c2ccc3c(c2)sc2ccccc23)c(-n2c3ccccc3c3ccc(C(F)(F)F)cc32)c(-n2c3ccccc3c3ccc(C(F)(F)F)cc32)c(-n2c3ccccc3c3ccc(C(F)(F)F)cc32)c1-c1ccc2c(c1)sc1ccccc12. The summed E-state index contributed by atoms with van der Waals surface area (Å²) in [6, 6.07) is 61.0. The number of nitrogens with zero attached hydrogens (tertiary/aromatic N) is 4.